The molecule has 30 heavy (non-hydrogen) atoms. The lowest BCUT2D eigenvalue weighted by molar-refractivity contribution is -0.140. The highest BCUT2D eigenvalue weighted by Crippen LogP contribution is 2.31. The number of rotatable bonds is 4. The van der Waals surface area contributed by atoms with Crippen LogP contribution < -0.4 is 14.7 Å². The van der Waals surface area contributed by atoms with Crippen LogP contribution in [-0.4, -0.2) is 64.6 Å². The molecule has 0 amide bonds. The number of fused-ring (bicyclic) bond motifs is 1. The Morgan fingerprint density at radius 2 is 1.77 bits per heavy atom. The van der Waals surface area contributed by atoms with Gasteiger partial charge in [0.25, 0.3) is 0 Å². The van der Waals surface area contributed by atoms with Gasteiger partial charge in [0.05, 0.1) is 0 Å². The van der Waals surface area contributed by atoms with E-state index in [0.29, 0.717) is 24.9 Å². The van der Waals surface area contributed by atoms with E-state index in [4.69, 9.17) is 0 Å². The largest absolute Gasteiger partial charge is 0.434 e. The lowest BCUT2D eigenvalue weighted by Crippen LogP contribution is -2.44. The number of hydrogen-bond acceptors (Lipinski definition) is 7. The third kappa shape index (κ3) is 3.83. The molecule has 3 aromatic rings. The van der Waals surface area contributed by atoms with Crippen molar-refractivity contribution < 1.29 is 13.2 Å². The molecule has 0 N–H and O–H groups in total. The molecule has 1 saturated heterocycles. The lowest BCUT2D eigenvalue weighted by Gasteiger charge is -2.37. The summed E-state index contributed by atoms with van der Waals surface area (Å²) < 4.78 is 40.5. The molecule has 0 radical (unpaired) electrons. The normalized spacial score (nSPS) is 15.6. The first-order chi connectivity index (χ1) is 14.2. The molecule has 0 aromatic carbocycles. The van der Waals surface area contributed by atoms with Crippen molar-refractivity contribution in [1.29, 1.82) is 0 Å². The van der Waals surface area contributed by atoms with Crippen LogP contribution in [0.2, 0.25) is 0 Å². The monoisotopic (exact) mass is 420 g/mol. The zero-order chi connectivity index (χ0) is 21.5. The van der Waals surface area contributed by atoms with Gasteiger partial charge in [-0.2, -0.15) is 18.2 Å². The number of anilines is 3. The molecule has 0 bridgehead atoms. The van der Waals surface area contributed by atoms with E-state index >= 15 is 0 Å². The number of piperidine rings is 1. The van der Waals surface area contributed by atoms with Crippen LogP contribution in [-0.2, 0) is 6.18 Å². The summed E-state index contributed by atoms with van der Waals surface area (Å²) in [6.07, 6.45) is 2.90. The van der Waals surface area contributed by atoms with Gasteiger partial charge in [0.2, 0.25) is 5.95 Å². The first-order valence-electron chi connectivity index (χ1n) is 9.63. The zero-order valence-electron chi connectivity index (χ0n) is 17.0. The SMILES string of the molecule is CN(C)c1nccc(N(C)C2CCN(c3nccn4cc(C(F)(F)F)nc34)CC2)n1. The van der Waals surface area contributed by atoms with E-state index in [2.05, 4.69) is 24.8 Å². The molecule has 160 valence electrons. The van der Waals surface area contributed by atoms with Crippen molar-refractivity contribution in [2.45, 2.75) is 25.1 Å². The molecular formula is C19H23F3N8. The standard InChI is InChI=1S/C19H23F3N8/c1-27(2)18-24-7-4-15(26-18)28(3)13-5-9-29(10-6-13)16-17-25-14(19(20,21)22)12-30(17)11-8-23-16/h4,7-8,11-13H,5-6,9-10H2,1-3H3. The van der Waals surface area contributed by atoms with E-state index in [-0.39, 0.29) is 11.7 Å². The molecule has 11 heteroatoms. The van der Waals surface area contributed by atoms with Crippen molar-refractivity contribution in [3.8, 4) is 0 Å². The highest BCUT2D eigenvalue weighted by Gasteiger charge is 2.35. The van der Waals surface area contributed by atoms with Crippen LogP contribution in [0.25, 0.3) is 5.65 Å². The van der Waals surface area contributed by atoms with Crippen LogP contribution >= 0.6 is 0 Å². The zero-order valence-corrected chi connectivity index (χ0v) is 17.0. The Labute approximate surface area is 172 Å². The Kier molecular flexibility index (Phi) is 5.12. The van der Waals surface area contributed by atoms with Gasteiger partial charge in [-0.15, -0.1) is 0 Å². The first-order valence-corrected chi connectivity index (χ1v) is 9.63. The Morgan fingerprint density at radius 1 is 1.03 bits per heavy atom. The number of imidazole rings is 1. The molecular weight excluding hydrogens is 397 g/mol. The van der Waals surface area contributed by atoms with Crippen molar-refractivity contribution in [3.05, 3.63) is 36.5 Å². The molecule has 4 rings (SSSR count). The predicted octanol–water partition coefficient (Wildman–Crippen LogP) is 2.71. The van der Waals surface area contributed by atoms with Gasteiger partial charge >= 0.3 is 6.18 Å². The van der Waals surface area contributed by atoms with Gasteiger partial charge in [0, 0.05) is 65.1 Å². The van der Waals surface area contributed by atoms with Crippen LogP contribution in [0.3, 0.4) is 0 Å². The number of halogens is 3. The maximum absolute atomic E-state index is 13.1. The smallest absolute Gasteiger partial charge is 0.356 e. The molecule has 1 aliphatic heterocycles. The topological polar surface area (TPSA) is 65.7 Å². The summed E-state index contributed by atoms with van der Waals surface area (Å²) >= 11 is 0. The van der Waals surface area contributed by atoms with E-state index in [1.807, 2.05) is 37.0 Å². The van der Waals surface area contributed by atoms with Crippen LogP contribution in [0.5, 0.6) is 0 Å². The van der Waals surface area contributed by atoms with Crippen LogP contribution in [0, 0.1) is 0 Å². The molecule has 0 unspecified atom stereocenters. The van der Waals surface area contributed by atoms with Gasteiger partial charge in [-0.05, 0) is 18.9 Å². The van der Waals surface area contributed by atoms with Crippen LogP contribution in [0.1, 0.15) is 18.5 Å². The third-order valence-corrected chi connectivity index (χ3v) is 5.35. The number of aromatic nitrogens is 5. The van der Waals surface area contributed by atoms with Gasteiger partial charge < -0.3 is 19.1 Å². The average molecular weight is 420 g/mol. The highest BCUT2D eigenvalue weighted by atomic mass is 19.4. The van der Waals surface area contributed by atoms with E-state index in [1.165, 1.54) is 16.8 Å². The Bertz CT molecular complexity index is 1020. The second kappa shape index (κ2) is 7.62. The van der Waals surface area contributed by atoms with Gasteiger partial charge in [0.15, 0.2) is 17.2 Å². The van der Waals surface area contributed by atoms with Crippen molar-refractivity contribution in [2.75, 3.05) is 48.9 Å². The molecule has 4 heterocycles. The maximum atomic E-state index is 13.1. The molecule has 1 fully saturated rings. The summed E-state index contributed by atoms with van der Waals surface area (Å²) in [6.45, 7) is 1.34. The number of hydrogen-bond donors (Lipinski definition) is 0. The minimum absolute atomic E-state index is 0.225. The molecule has 0 spiro atoms. The highest BCUT2D eigenvalue weighted by molar-refractivity contribution is 5.65. The summed E-state index contributed by atoms with van der Waals surface area (Å²) in [5.41, 5.74) is -0.685. The second-order valence-electron chi connectivity index (χ2n) is 7.54. The lowest BCUT2D eigenvalue weighted by atomic mass is 10.0. The maximum Gasteiger partial charge on any atom is 0.434 e. The molecule has 0 atom stereocenters. The molecule has 8 nitrogen and oxygen atoms in total. The number of alkyl halides is 3. The molecule has 0 saturated carbocycles. The van der Waals surface area contributed by atoms with Crippen LogP contribution in [0.4, 0.5) is 30.8 Å². The van der Waals surface area contributed by atoms with Gasteiger partial charge in [-0.25, -0.2) is 15.0 Å². The summed E-state index contributed by atoms with van der Waals surface area (Å²) in [6, 6.07) is 2.14. The Hall–Kier alpha value is -3.11. The van der Waals surface area contributed by atoms with E-state index < -0.39 is 11.9 Å². The third-order valence-electron chi connectivity index (χ3n) is 5.35. The molecule has 0 aliphatic carbocycles. The minimum Gasteiger partial charge on any atom is -0.356 e. The van der Waals surface area contributed by atoms with Gasteiger partial charge in [-0.3, -0.25) is 0 Å². The Morgan fingerprint density at radius 3 is 2.43 bits per heavy atom. The minimum atomic E-state index is -4.48. The first kappa shape index (κ1) is 20.2. The van der Waals surface area contributed by atoms with E-state index in [0.717, 1.165) is 24.9 Å². The van der Waals surface area contributed by atoms with Crippen molar-refractivity contribution in [2.24, 2.45) is 0 Å². The van der Waals surface area contributed by atoms with Gasteiger partial charge in [0.1, 0.15) is 5.82 Å². The second-order valence-corrected chi connectivity index (χ2v) is 7.54. The quantitative estimate of drug-likeness (QED) is 0.643. The number of nitrogens with zero attached hydrogens (tertiary/aromatic N) is 8. The van der Waals surface area contributed by atoms with Crippen LogP contribution in [0.15, 0.2) is 30.9 Å². The predicted molar refractivity (Wildman–Crippen MR) is 108 cm³/mol. The van der Waals surface area contributed by atoms with E-state index in [1.54, 1.807) is 6.20 Å². The molecule has 1 aliphatic rings. The molecule has 3 aromatic heterocycles. The summed E-state index contributed by atoms with van der Waals surface area (Å²) in [7, 11) is 5.79. The summed E-state index contributed by atoms with van der Waals surface area (Å²) in [4.78, 5) is 22.9. The fourth-order valence-electron chi connectivity index (χ4n) is 3.67. The summed E-state index contributed by atoms with van der Waals surface area (Å²) in [5.74, 6) is 1.97. The van der Waals surface area contributed by atoms with Gasteiger partial charge in [-0.1, -0.05) is 0 Å². The van der Waals surface area contributed by atoms with E-state index in [9.17, 15) is 13.2 Å². The average Bonchev–Trinajstić information content (AvgIpc) is 3.18. The van der Waals surface area contributed by atoms with Crippen molar-refractivity contribution >= 4 is 23.2 Å². The van der Waals surface area contributed by atoms with Crippen molar-refractivity contribution in [3.63, 3.8) is 0 Å². The fraction of sp³-hybridized carbons (Fsp3) is 0.474. The fourth-order valence-corrected chi connectivity index (χ4v) is 3.67. The Balaban J connectivity index is 1.50. The summed E-state index contributed by atoms with van der Waals surface area (Å²) in [5, 5.41) is 0. The van der Waals surface area contributed by atoms with Crippen molar-refractivity contribution in [1.82, 2.24) is 24.3 Å².